The number of likely N-dealkylation sites (tertiary alicyclic amines) is 1. The van der Waals surface area contributed by atoms with Gasteiger partial charge in [-0.3, -0.25) is 14.4 Å². The molecule has 2 saturated heterocycles. The molecule has 4 rings (SSSR count). The number of amides is 2. The second kappa shape index (κ2) is 11.8. The van der Waals surface area contributed by atoms with Gasteiger partial charge in [-0.15, -0.1) is 0 Å². The fourth-order valence-corrected chi connectivity index (χ4v) is 5.31. The third kappa shape index (κ3) is 6.39. The topological polar surface area (TPSA) is 87.7 Å². The summed E-state index contributed by atoms with van der Waals surface area (Å²) in [7, 11) is 0. The van der Waals surface area contributed by atoms with E-state index in [1.165, 1.54) is 0 Å². The molecule has 0 spiro atoms. The molecule has 2 N–H and O–H groups in total. The zero-order chi connectivity index (χ0) is 25.5. The quantitative estimate of drug-likeness (QED) is 0.533. The lowest BCUT2D eigenvalue weighted by Crippen LogP contribution is -2.51. The monoisotopic (exact) mass is 491 g/mol. The number of rotatable bonds is 10. The van der Waals surface area contributed by atoms with Crippen LogP contribution in [0.2, 0.25) is 0 Å². The van der Waals surface area contributed by atoms with Crippen molar-refractivity contribution in [2.45, 2.75) is 51.2 Å². The molecule has 2 aliphatic rings. The Labute approximate surface area is 213 Å². The van der Waals surface area contributed by atoms with Crippen LogP contribution in [0, 0.1) is 5.41 Å². The number of ketones is 1. The summed E-state index contributed by atoms with van der Waals surface area (Å²) in [6.45, 7) is 7.20. The first-order valence-corrected chi connectivity index (χ1v) is 12.9. The predicted octanol–water partition coefficient (Wildman–Crippen LogP) is 3.17. The molecule has 0 saturated carbocycles. The Bertz CT molecular complexity index is 1030. The second-order valence-corrected chi connectivity index (χ2v) is 10.5. The number of hydrogen-bond donors (Lipinski definition) is 2. The average molecular weight is 492 g/mol. The van der Waals surface area contributed by atoms with Gasteiger partial charge in [0.1, 0.15) is 12.6 Å². The Morgan fingerprint density at radius 1 is 1.03 bits per heavy atom. The zero-order valence-electron chi connectivity index (χ0n) is 21.2. The molecule has 2 aromatic rings. The van der Waals surface area contributed by atoms with E-state index >= 15 is 0 Å². The summed E-state index contributed by atoms with van der Waals surface area (Å²) in [5, 5.41) is 6.03. The minimum Gasteiger partial charge on any atom is -0.366 e. The Balaban J connectivity index is 1.45. The van der Waals surface area contributed by atoms with E-state index in [-0.39, 0.29) is 30.3 Å². The van der Waals surface area contributed by atoms with Gasteiger partial charge in [0.2, 0.25) is 5.91 Å². The minimum absolute atomic E-state index is 0.0361. The van der Waals surface area contributed by atoms with Crippen molar-refractivity contribution >= 4 is 17.6 Å². The molecule has 0 bridgehead atoms. The molecule has 2 aliphatic heterocycles. The molecule has 0 radical (unpaired) electrons. The summed E-state index contributed by atoms with van der Waals surface area (Å²) < 4.78 is 5.79. The van der Waals surface area contributed by atoms with Gasteiger partial charge in [-0.2, -0.15) is 0 Å². The van der Waals surface area contributed by atoms with Gasteiger partial charge < -0.3 is 20.3 Å². The van der Waals surface area contributed by atoms with E-state index in [4.69, 9.17) is 4.74 Å². The van der Waals surface area contributed by atoms with Crippen molar-refractivity contribution in [2.75, 3.05) is 32.8 Å². The summed E-state index contributed by atoms with van der Waals surface area (Å²) in [6, 6.07) is 18.1. The summed E-state index contributed by atoms with van der Waals surface area (Å²) in [6.07, 6.45) is 2.57. The number of nitrogens with one attached hydrogen (secondary N) is 2. The van der Waals surface area contributed by atoms with E-state index < -0.39 is 17.4 Å². The van der Waals surface area contributed by atoms with Gasteiger partial charge in [-0.1, -0.05) is 62.4 Å². The van der Waals surface area contributed by atoms with Crippen LogP contribution < -0.4 is 10.6 Å². The van der Waals surface area contributed by atoms with Crippen molar-refractivity contribution in [3.63, 3.8) is 0 Å². The highest BCUT2D eigenvalue weighted by atomic mass is 16.5. The van der Waals surface area contributed by atoms with Crippen LogP contribution in [0.3, 0.4) is 0 Å². The van der Waals surface area contributed by atoms with Crippen molar-refractivity contribution in [1.82, 2.24) is 15.5 Å². The number of carbonyl (C=O) groups excluding carboxylic acids is 3. The molecule has 36 heavy (non-hydrogen) atoms. The maximum absolute atomic E-state index is 13.8. The van der Waals surface area contributed by atoms with Crippen LogP contribution in [0.1, 0.15) is 54.9 Å². The van der Waals surface area contributed by atoms with E-state index in [0.717, 1.165) is 31.5 Å². The Morgan fingerprint density at radius 3 is 2.33 bits per heavy atom. The van der Waals surface area contributed by atoms with Crippen LogP contribution in [-0.2, 0) is 14.3 Å². The second-order valence-electron chi connectivity index (χ2n) is 10.5. The van der Waals surface area contributed by atoms with Gasteiger partial charge in [0.25, 0.3) is 5.91 Å². The van der Waals surface area contributed by atoms with Crippen LogP contribution in [0.25, 0.3) is 0 Å². The van der Waals surface area contributed by atoms with Gasteiger partial charge in [-0.05, 0) is 55.5 Å². The molecule has 3 unspecified atom stereocenters. The summed E-state index contributed by atoms with van der Waals surface area (Å²) in [5.74, 6) is -0.887. The standard InChI is InChI=1S/C29H37N3O4/c1-29(2,15-16-30-27(34)22-13-7-4-8-14-22)25(21-11-5-3-6-12-21)28(35)31-26-23(33)20-36-24(26)19-32-17-9-10-18-32/h3-8,11-14,24-26H,9-10,15-20H2,1-2H3,(H,30,34)(H,31,35). The normalized spacial score (nSPS) is 21.3. The maximum atomic E-state index is 13.8. The average Bonchev–Trinajstić information content (AvgIpc) is 3.51. The van der Waals surface area contributed by atoms with Crippen molar-refractivity contribution in [1.29, 1.82) is 0 Å². The molecule has 0 aliphatic carbocycles. The van der Waals surface area contributed by atoms with Crippen molar-refractivity contribution in [3.05, 3.63) is 71.8 Å². The molecular weight excluding hydrogens is 454 g/mol. The molecule has 0 aromatic heterocycles. The van der Waals surface area contributed by atoms with Crippen LogP contribution in [-0.4, -0.2) is 67.4 Å². The first-order valence-electron chi connectivity index (χ1n) is 12.9. The third-order valence-corrected chi connectivity index (χ3v) is 7.36. The highest BCUT2D eigenvalue weighted by Crippen LogP contribution is 2.39. The summed E-state index contributed by atoms with van der Waals surface area (Å²) >= 11 is 0. The largest absolute Gasteiger partial charge is 0.366 e. The van der Waals surface area contributed by atoms with Gasteiger partial charge in [-0.25, -0.2) is 0 Å². The number of hydrogen-bond acceptors (Lipinski definition) is 5. The van der Waals surface area contributed by atoms with Crippen molar-refractivity contribution < 1.29 is 19.1 Å². The molecule has 2 amide bonds. The number of ether oxygens (including phenoxy) is 1. The van der Waals surface area contributed by atoms with Crippen molar-refractivity contribution in [2.24, 2.45) is 5.41 Å². The fourth-order valence-electron chi connectivity index (χ4n) is 5.31. The molecule has 2 fully saturated rings. The zero-order valence-corrected chi connectivity index (χ0v) is 21.2. The predicted molar refractivity (Wildman–Crippen MR) is 139 cm³/mol. The fraction of sp³-hybridized carbons (Fsp3) is 0.483. The smallest absolute Gasteiger partial charge is 0.251 e. The van der Waals surface area contributed by atoms with Crippen LogP contribution in [0.5, 0.6) is 0 Å². The lowest BCUT2D eigenvalue weighted by molar-refractivity contribution is -0.129. The van der Waals surface area contributed by atoms with Crippen LogP contribution >= 0.6 is 0 Å². The first kappa shape index (κ1) is 26.0. The van der Waals surface area contributed by atoms with Crippen LogP contribution in [0.15, 0.2) is 60.7 Å². The van der Waals surface area contributed by atoms with Gasteiger partial charge in [0, 0.05) is 18.7 Å². The Morgan fingerprint density at radius 2 is 1.67 bits per heavy atom. The lowest BCUT2D eigenvalue weighted by atomic mass is 9.72. The summed E-state index contributed by atoms with van der Waals surface area (Å²) in [5.41, 5.74) is 1.01. The van der Waals surface area contributed by atoms with E-state index in [2.05, 4.69) is 15.5 Å². The third-order valence-electron chi connectivity index (χ3n) is 7.36. The minimum atomic E-state index is -0.641. The number of Topliss-reactive ketones (excluding diaryl/α,β-unsaturated/α-hetero) is 1. The first-order chi connectivity index (χ1) is 17.3. The highest BCUT2D eigenvalue weighted by Gasteiger charge is 2.42. The molecular formula is C29H37N3O4. The Kier molecular flexibility index (Phi) is 8.54. The summed E-state index contributed by atoms with van der Waals surface area (Å²) in [4.78, 5) is 41.3. The van der Waals surface area contributed by atoms with E-state index in [9.17, 15) is 14.4 Å². The van der Waals surface area contributed by atoms with Gasteiger partial charge in [0.15, 0.2) is 5.78 Å². The van der Waals surface area contributed by atoms with Crippen LogP contribution in [0.4, 0.5) is 0 Å². The van der Waals surface area contributed by atoms with Crippen molar-refractivity contribution in [3.8, 4) is 0 Å². The van der Waals surface area contributed by atoms with E-state index in [1.54, 1.807) is 12.1 Å². The Hall–Kier alpha value is -3.03. The molecule has 2 aromatic carbocycles. The molecule has 7 nitrogen and oxygen atoms in total. The van der Waals surface area contributed by atoms with Gasteiger partial charge >= 0.3 is 0 Å². The van der Waals surface area contributed by atoms with E-state index in [0.29, 0.717) is 25.1 Å². The highest BCUT2D eigenvalue weighted by molar-refractivity contribution is 5.94. The molecule has 3 atom stereocenters. The van der Waals surface area contributed by atoms with Gasteiger partial charge in [0.05, 0.1) is 12.0 Å². The lowest BCUT2D eigenvalue weighted by Gasteiger charge is -2.35. The maximum Gasteiger partial charge on any atom is 0.251 e. The number of benzene rings is 2. The molecule has 192 valence electrons. The molecule has 7 heteroatoms. The SMILES string of the molecule is CC(C)(CCNC(=O)c1ccccc1)C(C(=O)NC1C(=O)COC1CN1CCCC1)c1ccccc1. The van der Waals surface area contributed by atoms with E-state index in [1.807, 2.05) is 62.4 Å². The number of nitrogens with zero attached hydrogens (tertiary/aromatic N) is 1. The molecule has 2 heterocycles. The number of carbonyl (C=O) groups is 3.